The van der Waals surface area contributed by atoms with Crippen molar-refractivity contribution in [2.45, 2.75) is 50.8 Å². The Bertz CT molecular complexity index is 873. The number of hydrogen-bond acceptors (Lipinski definition) is 3. The van der Waals surface area contributed by atoms with Crippen LogP contribution in [-0.2, 0) is 9.31 Å². The van der Waals surface area contributed by atoms with Crippen molar-refractivity contribution in [3.63, 3.8) is 0 Å². The van der Waals surface area contributed by atoms with Crippen molar-refractivity contribution in [1.82, 2.24) is 0 Å². The van der Waals surface area contributed by atoms with E-state index < -0.39 is 5.44 Å². The zero-order valence-electron chi connectivity index (χ0n) is 17.1. The van der Waals surface area contributed by atoms with Gasteiger partial charge in [0.25, 0.3) is 0 Å². The number of benzene rings is 2. The van der Waals surface area contributed by atoms with Crippen LogP contribution in [0.15, 0.2) is 78.9 Å². The molecule has 0 spiro atoms. The van der Waals surface area contributed by atoms with Gasteiger partial charge < -0.3 is 14.6 Å². The third-order valence-corrected chi connectivity index (χ3v) is 6.15. The van der Waals surface area contributed by atoms with Gasteiger partial charge in [0.05, 0.1) is 16.6 Å². The van der Waals surface area contributed by atoms with Crippen molar-refractivity contribution in [2.75, 3.05) is 5.32 Å². The SMILES string of the molecule is CC1(C)OB(C2(Nc3ccccc3)C=CC(c3ccccc3)=CC2)OC1(C)C. The molecule has 1 unspecified atom stereocenters. The van der Waals surface area contributed by atoms with Gasteiger partial charge in [0.1, 0.15) is 0 Å². The first-order valence-corrected chi connectivity index (χ1v) is 9.95. The Balaban J connectivity index is 1.67. The van der Waals surface area contributed by atoms with Crippen molar-refractivity contribution < 1.29 is 9.31 Å². The van der Waals surface area contributed by atoms with Crippen LogP contribution < -0.4 is 5.32 Å². The van der Waals surface area contributed by atoms with Gasteiger partial charge >= 0.3 is 7.12 Å². The predicted molar refractivity (Wildman–Crippen MR) is 117 cm³/mol. The second kappa shape index (κ2) is 6.95. The third-order valence-electron chi connectivity index (χ3n) is 6.15. The fourth-order valence-corrected chi connectivity index (χ4v) is 3.67. The summed E-state index contributed by atoms with van der Waals surface area (Å²) in [5.41, 5.74) is 2.28. The quantitative estimate of drug-likeness (QED) is 0.717. The molecule has 1 N–H and O–H groups in total. The number of nitrogens with one attached hydrogen (secondary N) is 1. The summed E-state index contributed by atoms with van der Waals surface area (Å²) in [5, 5.41) is 3.70. The Hall–Kier alpha value is -2.30. The van der Waals surface area contributed by atoms with Crippen molar-refractivity contribution in [3.05, 3.63) is 84.5 Å². The van der Waals surface area contributed by atoms with Gasteiger partial charge in [-0.2, -0.15) is 0 Å². The third kappa shape index (κ3) is 3.43. The molecule has 0 bridgehead atoms. The normalized spacial score (nSPS) is 25.4. The van der Waals surface area contributed by atoms with Crippen molar-refractivity contribution >= 4 is 18.4 Å². The fourth-order valence-electron chi connectivity index (χ4n) is 3.67. The molecule has 2 aromatic rings. The highest BCUT2D eigenvalue weighted by Crippen LogP contribution is 2.43. The lowest BCUT2D eigenvalue weighted by molar-refractivity contribution is 0.00578. The molecule has 28 heavy (non-hydrogen) atoms. The van der Waals surface area contributed by atoms with Crippen LogP contribution in [0.1, 0.15) is 39.7 Å². The molecule has 1 saturated heterocycles. The molecule has 2 aliphatic rings. The van der Waals surface area contributed by atoms with Crippen LogP contribution >= 0.6 is 0 Å². The lowest BCUT2D eigenvalue weighted by Gasteiger charge is -2.36. The summed E-state index contributed by atoms with van der Waals surface area (Å²) >= 11 is 0. The molecule has 1 aliphatic carbocycles. The maximum absolute atomic E-state index is 6.45. The molecule has 3 nitrogen and oxygen atoms in total. The minimum atomic E-state index is -0.468. The summed E-state index contributed by atoms with van der Waals surface area (Å²) in [7, 11) is -0.387. The molecule has 0 amide bonds. The number of rotatable bonds is 4. The largest absolute Gasteiger partial charge is 0.489 e. The van der Waals surface area contributed by atoms with Gasteiger partial charge in [-0.1, -0.05) is 66.8 Å². The molecule has 0 aromatic heterocycles. The van der Waals surface area contributed by atoms with Crippen molar-refractivity contribution in [2.24, 2.45) is 0 Å². The minimum Gasteiger partial charge on any atom is -0.401 e. The predicted octanol–water partition coefficient (Wildman–Crippen LogP) is 5.51. The number of allylic oxidation sites excluding steroid dienone is 2. The van der Waals surface area contributed by atoms with Crippen LogP contribution in [0, 0.1) is 0 Å². The highest BCUT2D eigenvalue weighted by Gasteiger charge is 2.59. The maximum Gasteiger partial charge on any atom is 0.489 e. The summed E-state index contributed by atoms with van der Waals surface area (Å²) < 4.78 is 12.9. The summed E-state index contributed by atoms with van der Waals surface area (Å²) in [6.45, 7) is 8.39. The van der Waals surface area contributed by atoms with E-state index in [1.165, 1.54) is 11.1 Å². The number of hydrogen-bond donors (Lipinski definition) is 1. The zero-order chi connectivity index (χ0) is 19.8. The molecular formula is C24H28BNO2. The lowest BCUT2D eigenvalue weighted by Crippen LogP contribution is -2.53. The van der Waals surface area contributed by atoms with Gasteiger partial charge in [-0.15, -0.1) is 0 Å². The second-order valence-electron chi connectivity index (χ2n) is 8.68. The highest BCUT2D eigenvalue weighted by molar-refractivity contribution is 6.51. The smallest absolute Gasteiger partial charge is 0.401 e. The van der Waals surface area contributed by atoms with E-state index in [9.17, 15) is 0 Å². The first-order chi connectivity index (χ1) is 13.3. The molecule has 0 radical (unpaired) electrons. The summed E-state index contributed by atoms with van der Waals surface area (Å²) in [6, 6.07) is 20.7. The topological polar surface area (TPSA) is 30.5 Å². The van der Waals surface area contributed by atoms with Crippen molar-refractivity contribution in [1.29, 1.82) is 0 Å². The summed E-state index contributed by atoms with van der Waals surface area (Å²) in [5.74, 6) is 0. The van der Waals surface area contributed by atoms with Gasteiger partial charge in [-0.3, -0.25) is 0 Å². The Morgan fingerprint density at radius 1 is 0.821 bits per heavy atom. The molecule has 1 heterocycles. The molecule has 144 valence electrons. The maximum atomic E-state index is 6.45. The first-order valence-electron chi connectivity index (χ1n) is 9.95. The first kappa shape index (κ1) is 19.0. The van der Waals surface area contributed by atoms with Crippen LogP contribution in [0.3, 0.4) is 0 Å². The summed E-state index contributed by atoms with van der Waals surface area (Å²) in [4.78, 5) is 0. The molecule has 4 rings (SSSR count). The van der Waals surface area contributed by atoms with E-state index in [1.807, 2.05) is 24.3 Å². The molecule has 1 atom stereocenters. The average Bonchev–Trinajstić information content (AvgIpc) is 2.92. The van der Waals surface area contributed by atoms with E-state index in [2.05, 4.69) is 87.6 Å². The Morgan fingerprint density at radius 2 is 1.39 bits per heavy atom. The van der Waals surface area contributed by atoms with Gasteiger partial charge in [0, 0.05) is 5.69 Å². The lowest BCUT2D eigenvalue weighted by atomic mass is 9.60. The Morgan fingerprint density at radius 3 is 1.93 bits per heavy atom. The van der Waals surface area contributed by atoms with E-state index in [-0.39, 0.29) is 18.3 Å². The van der Waals surface area contributed by atoms with Gasteiger partial charge in [-0.25, -0.2) is 0 Å². The molecule has 0 saturated carbocycles. The Labute approximate surface area is 168 Å². The van der Waals surface area contributed by atoms with Crippen molar-refractivity contribution in [3.8, 4) is 0 Å². The minimum absolute atomic E-state index is 0.375. The monoisotopic (exact) mass is 373 g/mol. The van der Waals surface area contributed by atoms with Gasteiger partial charge in [0.15, 0.2) is 0 Å². The summed E-state index contributed by atoms with van der Waals surface area (Å²) in [6.07, 6.45) is 7.44. The van der Waals surface area contributed by atoms with Gasteiger partial charge in [0.2, 0.25) is 0 Å². The zero-order valence-corrected chi connectivity index (χ0v) is 17.1. The molecule has 1 fully saturated rings. The number of anilines is 1. The van der Waals surface area contributed by atoms with E-state index in [0.717, 1.165) is 12.1 Å². The molecular weight excluding hydrogens is 345 g/mol. The molecule has 2 aromatic carbocycles. The van der Waals surface area contributed by atoms with E-state index in [1.54, 1.807) is 0 Å². The van der Waals surface area contributed by atoms with Crippen LogP contribution in [0.2, 0.25) is 0 Å². The second-order valence-corrected chi connectivity index (χ2v) is 8.68. The standard InChI is InChI=1S/C24H28BNO2/c1-22(2)23(3,4)28-25(27-22)24(26-21-13-9-6-10-14-21)17-15-20(16-18-24)19-11-7-5-8-12-19/h5-17,26H,18H2,1-4H3. The molecule has 4 heteroatoms. The fraction of sp³-hybridized carbons (Fsp3) is 0.333. The van der Waals surface area contributed by atoms with E-state index in [0.29, 0.717) is 0 Å². The highest BCUT2D eigenvalue weighted by atomic mass is 16.7. The van der Waals surface area contributed by atoms with Crippen LogP contribution in [0.25, 0.3) is 5.57 Å². The number of para-hydroxylation sites is 1. The van der Waals surface area contributed by atoms with Crippen LogP contribution in [-0.4, -0.2) is 23.8 Å². The Kier molecular flexibility index (Phi) is 4.72. The van der Waals surface area contributed by atoms with E-state index in [4.69, 9.17) is 9.31 Å². The van der Waals surface area contributed by atoms with Crippen LogP contribution in [0.4, 0.5) is 5.69 Å². The van der Waals surface area contributed by atoms with Crippen LogP contribution in [0.5, 0.6) is 0 Å². The van der Waals surface area contributed by atoms with E-state index >= 15 is 0 Å². The molecule has 1 aliphatic heterocycles. The average molecular weight is 373 g/mol. The van der Waals surface area contributed by atoms with Gasteiger partial charge in [-0.05, 0) is 57.4 Å².